The van der Waals surface area contributed by atoms with Gasteiger partial charge in [-0.2, -0.15) is 5.10 Å². The number of fused-ring (bicyclic) bond motifs is 1. The normalized spacial score (nSPS) is 25.4. The largest absolute Gasteiger partial charge is 0.328 e. The van der Waals surface area contributed by atoms with Crippen LogP contribution >= 0.6 is 0 Å². The van der Waals surface area contributed by atoms with Crippen LogP contribution in [0.4, 0.5) is 0 Å². The van der Waals surface area contributed by atoms with Crippen LogP contribution in [-0.4, -0.2) is 20.8 Å². The van der Waals surface area contributed by atoms with E-state index in [1.807, 2.05) is 6.92 Å². The van der Waals surface area contributed by atoms with Gasteiger partial charge in [0.1, 0.15) is 11.6 Å². The Morgan fingerprint density at radius 3 is 2.55 bits per heavy atom. The summed E-state index contributed by atoms with van der Waals surface area (Å²) in [5.74, 6) is 2.55. The van der Waals surface area contributed by atoms with Crippen LogP contribution < -0.4 is 5.73 Å². The Balaban J connectivity index is 1.63. The molecule has 0 aliphatic heterocycles. The molecule has 4 heteroatoms. The zero-order chi connectivity index (χ0) is 15.1. The lowest BCUT2D eigenvalue weighted by atomic mass is 9.85. The molecule has 1 fully saturated rings. The molecule has 4 rings (SSSR count). The third kappa shape index (κ3) is 2.45. The summed E-state index contributed by atoms with van der Waals surface area (Å²) in [6.45, 7) is 2.00. The predicted molar refractivity (Wildman–Crippen MR) is 86.8 cm³/mol. The van der Waals surface area contributed by atoms with Crippen LogP contribution in [0.2, 0.25) is 0 Å². The number of hydrogen-bond acceptors (Lipinski definition) is 3. The van der Waals surface area contributed by atoms with Crippen molar-refractivity contribution in [1.29, 1.82) is 0 Å². The maximum absolute atomic E-state index is 6.18. The van der Waals surface area contributed by atoms with Gasteiger partial charge in [0.2, 0.25) is 0 Å². The third-order valence-electron chi connectivity index (χ3n) is 5.22. The first-order valence-electron chi connectivity index (χ1n) is 8.46. The summed E-state index contributed by atoms with van der Waals surface area (Å²) in [6.07, 6.45) is 6.76. The van der Waals surface area contributed by atoms with Gasteiger partial charge in [0.25, 0.3) is 0 Å². The first-order valence-corrected chi connectivity index (χ1v) is 8.46. The van der Waals surface area contributed by atoms with Crippen molar-refractivity contribution in [3.05, 3.63) is 47.0 Å². The zero-order valence-electron chi connectivity index (χ0n) is 13.2. The zero-order valence-corrected chi connectivity index (χ0v) is 13.2. The molecule has 2 N–H and O–H groups in total. The van der Waals surface area contributed by atoms with Crippen molar-refractivity contribution in [2.45, 2.75) is 63.5 Å². The maximum Gasteiger partial charge on any atom is 0.147 e. The van der Waals surface area contributed by atoms with Gasteiger partial charge in [-0.05, 0) is 50.2 Å². The van der Waals surface area contributed by atoms with Gasteiger partial charge in [0.15, 0.2) is 0 Å². The smallest absolute Gasteiger partial charge is 0.147 e. The highest BCUT2D eigenvalue weighted by Gasteiger charge is 2.30. The fourth-order valence-corrected chi connectivity index (χ4v) is 4.16. The van der Waals surface area contributed by atoms with Gasteiger partial charge in [-0.1, -0.05) is 30.7 Å². The quantitative estimate of drug-likeness (QED) is 0.927. The van der Waals surface area contributed by atoms with Crippen molar-refractivity contribution < 1.29 is 0 Å². The number of benzene rings is 1. The van der Waals surface area contributed by atoms with E-state index in [0.29, 0.717) is 18.0 Å². The lowest BCUT2D eigenvalue weighted by Crippen LogP contribution is -2.29. The standard InChI is InChI=1S/C18H24N4/c1-12-20-18(15-7-4-8-16(19)9-15)22(21-12)17-10-13-5-2-3-6-14(13)11-17/h2-3,5-6,15-17H,4,7-11,19H2,1H3/t15-,16+/m1/s1. The monoisotopic (exact) mass is 296 g/mol. The van der Waals surface area contributed by atoms with E-state index >= 15 is 0 Å². The summed E-state index contributed by atoms with van der Waals surface area (Å²) in [5, 5.41) is 4.74. The Morgan fingerprint density at radius 1 is 1.14 bits per heavy atom. The average molecular weight is 296 g/mol. The van der Waals surface area contributed by atoms with E-state index in [-0.39, 0.29) is 0 Å². The van der Waals surface area contributed by atoms with Crippen molar-refractivity contribution in [3.63, 3.8) is 0 Å². The van der Waals surface area contributed by atoms with Crippen molar-refractivity contribution in [3.8, 4) is 0 Å². The van der Waals surface area contributed by atoms with E-state index in [1.165, 1.54) is 29.8 Å². The summed E-state index contributed by atoms with van der Waals surface area (Å²) in [7, 11) is 0. The van der Waals surface area contributed by atoms with Crippen LogP contribution in [0.25, 0.3) is 0 Å². The van der Waals surface area contributed by atoms with Crippen LogP contribution in [0.3, 0.4) is 0 Å². The highest BCUT2D eigenvalue weighted by Crippen LogP contribution is 2.35. The molecule has 0 unspecified atom stereocenters. The van der Waals surface area contributed by atoms with Crippen LogP contribution in [0.15, 0.2) is 24.3 Å². The summed E-state index contributed by atoms with van der Waals surface area (Å²) in [6, 6.07) is 9.51. The third-order valence-corrected chi connectivity index (χ3v) is 5.22. The van der Waals surface area contributed by atoms with Crippen LogP contribution in [0, 0.1) is 6.92 Å². The lowest BCUT2D eigenvalue weighted by Gasteiger charge is -2.27. The van der Waals surface area contributed by atoms with Crippen molar-refractivity contribution in [1.82, 2.24) is 14.8 Å². The van der Waals surface area contributed by atoms with Crippen molar-refractivity contribution in [2.75, 3.05) is 0 Å². The molecular formula is C18H24N4. The molecular weight excluding hydrogens is 272 g/mol. The fourth-order valence-electron chi connectivity index (χ4n) is 4.16. The molecule has 0 radical (unpaired) electrons. The molecule has 2 aliphatic carbocycles. The lowest BCUT2D eigenvalue weighted by molar-refractivity contribution is 0.352. The molecule has 22 heavy (non-hydrogen) atoms. The van der Waals surface area contributed by atoms with Gasteiger partial charge in [-0.3, -0.25) is 0 Å². The number of rotatable bonds is 2. The Hall–Kier alpha value is -1.68. The second-order valence-electron chi connectivity index (χ2n) is 6.92. The molecule has 2 atom stereocenters. The topological polar surface area (TPSA) is 56.7 Å². The number of aromatic nitrogens is 3. The first-order chi connectivity index (χ1) is 10.7. The van der Waals surface area contributed by atoms with Crippen LogP contribution in [-0.2, 0) is 12.8 Å². The Labute approximate surface area is 131 Å². The minimum Gasteiger partial charge on any atom is -0.328 e. The molecule has 1 aromatic heterocycles. The van der Waals surface area contributed by atoms with Gasteiger partial charge >= 0.3 is 0 Å². The van der Waals surface area contributed by atoms with Crippen molar-refractivity contribution in [2.24, 2.45) is 5.73 Å². The SMILES string of the molecule is Cc1nc([C@@H]2CCC[C@H](N)C2)n(C2Cc3ccccc3C2)n1. The Morgan fingerprint density at radius 2 is 1.86 bits per heavy atom. The van der Waals surface area contributed by atoms with Crippen molar-refractivity contribution >= 4 is 0 Å². The highest BCUT2D eigenvalue weighted by molar-refractivity contribution is 5.33. The van der Waals surface area contributed by atoms with E-state index in [2.05, 4.69) is 28.9 Å². The molecule has 116 valence electrons. The van der Waals surface area contributed by atoms with E-state index in [0.717, 1.165) is 31.5 Å². The van der Waals surface area contributed by atoms with E-state index in [1.54, 1.807) is 0 Å². The van der Waals surface area contributed by atoms with Gasteiger partial charge in [0.05, 0.1) is 6.04 Å². The van der Waals surface area contributed by atoms with Crippen LogP contribution in [0.5, 0.6) is 0 Å². The fraction of sp³-hybridized carbons (Fsp3) is 0.556. The molecule has 0 bridgehead atoms. The van der Waals surface area contributed by atoms with Crippen LogP contribution in [0.1, 0.15) is 60.4 Å². The minimum absolute atomic E-state index is 0.324. The van der Waals surface area contributed by atoms with E-state index < -0.39 is 0 Å². The molecule has 1 saturated carbocycles. The maximum atomic E-state index is 6.18. The molecule has 4 nitrogen and oxygen atoms in total. The number of nitrogens with two attached hydrogens (primary N) is 1. The Kier molecular flexibility index (Phi) is 3.49. The van der Waals surface area contributed by atoms with Gasteiger partial charge in [-0.25, -0.2) is 9.67 Å². The van der Waals surface area contributed by atoms with Gasteiger partial charge < -0.3 is 5.73 Å². The molecule has 1 heterocycles. The summed E-state index contributed by atoms with van der Waals surface area (Å²) in [5.41, 5.74) is 9.11. The molecule has 1 aromatic carbocycles. The van der Waals surface area contributed by atoms with E-state index in [9.17, 15) is 0 Å². The average Bonchev–Trinajstić information content (AvgIpc) is 3.10. The molecule has 2 aliphatic rings. The summed E-state index contributed by atoms with van der Waals surface area (Å²) < 4.78 is 2.22. The van der Waals surface area contributed by atoms with Gasteiger partial charge in [-0.15, -0.1) is 0 Å². The molecule has 0 amide bonds. The second-order valence-corrected chi connectivity index (χ2v) is 6.92. The van der Waals surface area contributed by atoms with Gasteiger partial charge in [0, 0.05) is 12.0 Å². The molecule has 2 aromatic rings. The molecule has 0 saturated heterocycles. The first kappa shape index (κ1) is 13.9. The second kappa shape index (κ2) is 5.51. The number of hydrogen-bond donors (Lipinski definition) is 1. The summed E-state index contributed by atoms with van der Waals surface area (Å²) in [4.78, 5) is 4.77. The number of nitrogens with zero attached hydrogens (tertiary/aromatic N) is 3. The minimum atomic E-state index is 0.324. The van der Waals surface area contributed by atoms with E-state index in [4.69, 9.17) is 15.8 Å². The number of aryl methyl sites for hydroxylation is 1. The summed E-state index contributed by atoms with van der Waals surface area (Å²) >= 11 is 0. The highest BCUT2D eigenvalue weighted by atomic mass is 15.4. The molecule has 0 spiro atoms. The predicted octanol–water partition coefficient (Wildman–Crippen LogP) is 2.91. The Bertz CT molecular complexity index is 650.